The summed E-state index contributed by atoms with van der Waals surface area (Å²) in [6, 6.07) is 0. The monoisotopic (exact) mass is 99.1 g/mol. The lowest BCUT2D eigenvalue weighted by molar-refractivity contribution is 0.607. The van der Waals surface area contributed by atoms with Crippen LogP contribution in [0, 0.1) is 0 Å². The summed E-state index contributed by atoms with van der Waals surface area (Å²) in [5, 5.41) is 16.3. The van der Waals surface area contributed by atoms with Crippen LogP contribution >= 0.6 is 0 Å². The normalized spacial score (nSPS) is 19.0. The summed E-state index contributed by atoms with van der Waals surface area (Å²) in [4.78, 5) is 0. The van der Waals surface area contributed by atoms with Crippen LogP contribution in [0.1, 0.15) is 0 Å². The van der Waals surface area contributed by atoms with Crippen LogP contribution in [0.25, 0.3) is 0 Å². The Hall–Kier alpha value is -0.840. The highest BCUT2D eigenvalue weighted by Gasteiger charge is 2.01. The maximum Gasteiger partial charge on any atom is 0.237 e. The maximum atomic E-state index is 3.53. The van der Waals surface area contributed by atoms with Crippen molar-refractivity contribution in [1.82, 2.24) is 5.32 Å². The van der Waals surface area contributed by atoms with Crippen molar-refractivity contribution in [3.8, 4) is 0 Å². The first-order valence-electron chi connectivity index (χ1n) is 1.91. The Bertz CT molecular complexity index is 92.6. The molecule has 0 fully saturated rings. The van der Waals surface area contributed by atoms with Crippen LogP contribution < -0.4 is 5.32 Å². The van der Waals surface area contributed by atoms with E-state index >= 15 is 0 Å². The fraction of sp³-hybridized carbons (Fsp3) is 1.00. The largest absolute Gasteiger partial charge is 0.277 e. The molecule has 0 spiro atoms. The summed E-state index contributed by atoms with van der Waals surface area (Å²) in [6.45, 7) is 0. The van der Waals surface area contributed by atoms with E-state index in [-0.39, 0.29) is 6.29 Å². The van der Waals surface area contributed by atoms with E-state index in [2.05, 4.69) is 26.0 Å². The van der Waals surface area contributed by atoms with Gasteiger partial charge in [-0.25, -0.2) is 0 Å². The van der Waals surface area contributed by atoms with Gasteiger partial charge >= 0.3 is 0 Å². The zero-order chi connectivity index (χ0) is 5.11. The molecule has 5 nitrogen and oxygen atoms in total. The van der Waals surface area contributed by atoms with Crippen LogP contribution in [0.4, 0.5) is 0 Å². The van der Waals surface area contributed by atoms with Crippen LogP contribution in [0.3, 0.4) is 0 Å². The molecule has 0 aromatic heterocycles. The van der Waals surface area contributed by atoms with E-state index in [1.165, 1.54) is 0 Å². The molecule has 0 saturated heterocycles. The molecule has 0 atom stereocenters. The van der Waals surface area contributed by atoms with Crippen LogP contribution in [0.5, 0.6) is 0 Å². The minimum Gasteiger partial charge on any atom is -0.277 e. The van der Waals surface area contributed by atoms with Crippen molar-refractivity contribution in [1.29, 1.82) is 0 Å². The average Bonchev–Trinajstić information content (AvgIpc) is 2.14. The van der Waals surface area contributed by atoms with Gasteiger partial charge in [0.15, 0.2) is 0 Å². The van der Waals surface area contributed by atoms with Gasteiger partial charge in [0, 0.05) is 0 Å². The molecule has 1 rings (SSSR count). The summed E-state index contributed by atoms with van der Waals surface area (Å²) in [6.07, 6.45) is -0.236. The van der Waals surface area contributed by atoms with E-state index < -0.39 is 0 Å². The minimum absolute atomic E-state index is 0.236. The van der Waals surface area contributed by atoms with E-state index in [1.807, 2.05) is 0 Å². The molecule has 5 heteroatoms. The Balaban J connectivity index is 2.44. The summed E-state index contributed by atoms with van der Waals surface area (Å²) < 4.78 is 0. The molecule has 0 aromatic carbocycles. The lowest BCUT2D eigenvalue weighted by Crippen LogP contribution is -2.17. The number of nitrogens with one attached hydrogen (secondary N) is 1. The van der Waals surface area contributed by atoms with Gasteiger partial charge in [0.1, 0.15) is 0 Å². The Kier molecular flexibility index (Phi) is 1.08. The molecule has 0 amide bonds. The molecule has 0 saturated carbocycles. The van der Waals surface area contributed by atoms with Gasteiger partial charge in [-0.3, -0.25) is 5.32 Å². The van der Waals surface area contributed by atoms with Crippen molar-refractivity contribution in [2.45, 2.75) is 6.29 Å². The predicted molar refractivity (Wildman–Crippen MR) is 22.6 cm³/mol. The van der Waals surface area contributed by atoms with E-state index in [1.54, 1.807) is 7.05 Å². The quantitative estimate of drug-likeness (QED) is 0.505. The Morgan fingerprint density at radius 1 is 1.29 bits per heavy atom. The van der Waals surface area contributed by atoms with Crippen molar-refractivity contribution < 1.29 is 0 Å². The molecule has 38 valence electrons. The van der Waals surface area contributed by atoms with Gasteiger partial charge in [0.2, 0.25) is 6.29 Å². The van der Waals surface area contributed by atoms with Gasteiger partial charge in [-0.05, 0) is 17.5 Å². The first-order valence-corrected chi connectivity index (χ1v) is 1.91. The van der Waals surface area contributed by atoms with E-state index in [9.17, 15) is 0 Å². The molecular weight excluding hydrogens is 94.1 g/mol. The average molecular weight is 99.1 g/mol. The van der Waals surface area contributed by atoms with Crippen molar-refractivity contribution in [2.75, 3.05) is 7.05 Å². The molecule has 1 N–H and O–H groups in total. The first-order chi connectivity index (χ1) is 3.43. The van der Waals surface area contributed by atoms with Gasteiger partial charge in [0.05, 0.1) is 0 Å². The third-order valence-corrected chi connectivity index (χ3v) is 0.620. The molecular formula is C2H5N5. The molecule has 0 aliphatic carbocycles. The third-order valence-electron chi connectivity index (χ3n) is 0.620. The van der Waals surface area contributed by atoms with Crippen molar-refractivity contribution >= 4 is 0 Å². The second kappa shape index (κ2) is 1.74. The van der Waals surface area contributed by atoms with Gasteiger partial charge < -0.3 is 0 Å². The van der Waals surface area contributed by atoms with Gasteiger partial charge in [-0.1, -0.05) is 0 Å². The lowest BCUT2D eigenvalue weighted by atomic mass is 10.9. The molecule has 0 bridgehead atoms. The number of hydrogen-bond acceptors (Lipinski definition) is 5. The summed E-state index contributed by atoms with van der Waals surface area (Å²) >= 11 is 0. The first kappa shape index (κ1) is 4.32. The van der Waals surface area contributed by atoms with Crippen molar-refractivity contribution in [2.24, 2.45) is 20.7 Å². The Morgan fingerprint density at radius 3 is 2.14 bits per heavy atom. The highest BCUT2D eigenvalue weighted by molar-refractivity contribution is 4.52. The topological polar surface area (TPSA) is 61.5 Å². The van der Waals surface area contributed by atoms with Crippen LogP contribution in [-0.4, -0.2) is 13.3 Å². The van der Waals surface area contributed by atoms with Crippen LogP contribution in [-0.2, 0) is 0 Å². The molecule has 1 aliphatic rings. The third kappa shape index (κ3) is 0.774. The Morgan fingerprint density at radius 2 is 1.86 bits per heavy atom. The Labute approximate surface area is 40.5 Å². The van der Waals surface area contributed by atoms with E-state index in [0.717, 1.165) is 0 Å². The highest BCUT2D eigenvalue weighted by atomic mass is 15.6. The van der Waals surface area contributed by atoms with Crippen molar-refractivity contribution in [3.63, 3.8) is 0 Å². The predicted octanol–water partition coefficient (Wildman–Crippen LogP) is 0.322. The highest BCUT2D eigenvalue weighted by Crippen LogP contribution is 1.98. The van der Waals surface area contributed by atoms with Crippen molar-refractivity contribution in [3.05, 3.63) is 0 Å². The zero-order valence-corrected chi connectivity index (χ0v) is 3.87. The van der Waals surface area contributed by atoms with E-state index in [4.69, 9.17) is 0 Å². The van der Waals surface area contributed by atoms with Gasteiger partial charge in [-0.15, -0.1) is 10.2 Å². The fourth-order valence-corrected chi connectivity index (χ4v) is 0.283. The molecule has 0 radical (unpaired) electrons. The standard InChI is InChI=1S/C2H5N5/c1-3-2-4-6-7-5-2/h2-3H,1H3. The second-order valence-electron chi connectivity index (χ2n) is 1.07. The SMILES string of the molecule is CNC1N=NN=N1. The lowest BCUT2D eigenvalue weighted by Gasteiger charge is -1.91. The van der Waals surface area contributed by atoms with Gasteiger partial charge in [-0.2, -0.15) is 0 Å². The zero-order valence-electron chi connectivity index (χ0n) is 3.87. The number of hydrogen-bond donors (Lipinski definition) is 1. The number of rotatable bonds is 1. The molecule has 0 aromatic rings. The minimum atomic E-state index is -0.236. The van der Waals surface area contributed by atoms with Crippen LogP contribution in [0.2, 0.25) is 0 Å². The second-order valence-corrected chi connectivity index (χ2v) is 1.07. The molecule has 0 unspecified atom stereocenters. The maximum absolute atomic E-state index is 3.53. The molecule has 7 heavy (non-hydrogen) atoms. The van der Waals surface area contributed by atoms with E-state index in [0.29, 0.717) is 0 Å². The smallest absolute Gasteiger partial charge is 0.237 e. The van der Waals surface area contributed by atoms with Gasteiger partial charge in [0.25, 0.3) is 0 Å². The molecule has 1 heterocycles. The summed E-state index contributed by atoms with van der Waals surface area (Å²) in [7, 11) is 1.74. The molecule has 1 aliphatic heterocycles. The van der Waals surface area contributed by atoms with Crippen LogP contribution in [0.15, 0.2) is 20.7 Å². The number of nitrogens with zero attached hydrogens (tertiary/aromatic N) is 4. The fourth-order valence-electron chi connectivity index (χ4n) is 0.283. The summed E-state index contributed by atoms with van der Waals surface area (Å²) in [5.74, 6) is 0. The summed E-state index contributed by atoms with van der Waals surface area (Å²) in [5.41, 5.74) is 0.